The van der Waals surface area contributed by atoms with Gasteiger partial charge in [0, 0.05) is 24.2 Å². The highest BCUT2D eigenvalue weighted by molar-refractivity contribution is 5.87. The van der Waals surface area contributed by atoms with Gasteiger partial charge in [-0.1, -0.05) is 17.7 Å². The van der Waals surface area contributed by atoms with E-state index in [0.29, 0.717) is 0 Å². The number of nitrogens with one attached hydrogen (secondary N) is 2. The van der Waals surface area contributed by atoms with E-state index in [0.717, 1.165) is 24.6 Å². The average Bonchev–Trinajstić information content (AvgIpc) is 2.89. The normalized spacial score (nSPS) is 11.1. The van der Waals surface area contributed by atoms with Crippen molar-refractivity contribution in [3.05, 3.63) is 58.3 Å². The van der Waals surface area contributed by atoms with E-state index in [1.165, 1.54) is 38.9 Å². The fourth-order valence-corrected chi connectivity index (χ4v) is 3.26. The van der Waals surface area contributed by atoms with Crippen LogP contribution in [-0.4, -0.2) is 19.2 Å². The fraction of sp³-hybridized carbons (Fsp3) is 0.333. The largest absolute Gasteiger partial charge is 0.493 e. The van der Waals surface area contributed by atoms with Crippen LogP contribution in [0.5, 0.6) is 11.5 Å². The molecule has 0 saturated carbocycles. The zero-order valence-electron chi connectivity index (χ0n) is 15.6. The summed E-state index contributed by atoms with van der Waals surface area (Å²) in [6, 6.07) is 10.5. The van der Waals surface area contributed by atoms with Gasteiger partial charge in [-0.05, 0) is 55.7 Å². The summed E-state index contributed by atoms with van der Waals surface area (Å²) in [5.41, 5.74) is 7.56. The minimum absolute atomic E-state index is 0.754. The molecule has 1 aromatic heterocycles. The summed E-state index contributed by atoms with van der Waals surface area (Å²) in [4.78, 5) is 3.53. The molecule has 0 aliphatic rings. The van der Waals surface area contributed by atoms with Crippen LogP contribution in [0.2, 0.25) is 0 Å². The highest BCUT2D eigenvalue weighted by Gasteiger charge is 2.10. The van der Waals surface area contributed by atoms with Crippen molar-refractivity contribution in [1.82, 2.24) is 10.3 Å². The average molecular weight is 338 g/mol. The van der Waals surface area contributed by atoms with Gasteiger partial charge in [0.15, 0.2) is 11.5 Å². The third-order valence-electron chi connectivity index (χ3n) is 4.74. The summed E-state index contributed by atoms with van der Waals surface area (Å²) in [5.74, 6) is 1.51. The lowest BCUT2D eigenvalue weighted by Crippen LogP contribution is -2.13. The molecule has 132 valence electrons. The maximum atomic E-state index is 5.37. The van der Waals surface area contributed by atoms with Gasteiger partial charge in [-0.25, -0.2) is 0 Å². The van der Waals surface area contributed by atoms with E-state index in [9.17, 15) is 0 Å². The highest BCUT2D eigenvalue weighted by atomic mass is 16.5. The van der Waals surface area contributed by atoms with Gasteiger partial charge in [-0.3, -0.25) is 0 Å². The fourth-order valence-electron chi connectivity index (χ4n) is 3.26. The Morgan fingerprint density at radius 3 is 2.40 bits per heavy atom. The Kier molecular flexibility index (Phi) is 5.00. The van der Waals surface area contributed by atoms with Crippen LogP contribution < -0.4 is 14.8 Å². The van der Waals surface area contributed by atoms with Crippen LogP contribution in [0.1, 0.15) is 27.9 Å². The molecular weight excluding hydrogens is 312 g/mol. The molecule has 2 aromatic carbocycles. The zero-order valence-corrected chi connectivity index (χ0v) is 15.6. The molecule has 0 spiro atoms. The van der Waals surface area contributed by atoms with E-state index in [-0.39, 0.29) is 0 Å². The maximum Gasteiger partial charge on any atom is 0.161 e. The van der Waals surface area contributed by atoms with Crippen molar-refractivity contribution in [3.8, 4) is 11.5 Å². The molecule has 3 aromatic rings. The lowest BCUT2D eigenvalue weighted by atomic mass is 10.0. The Hall–Kier alpha value is -2.46. The van der Waals surface area contributed by atoms with Crippen molar-refractivity contribution < 1.29 is 9.47 Å². The predicted octanol–water partition coefficient (Wildman–Crippen LogP) is 4.40. The Balaban J connectivity index is 1.76. The molecule has 0 unspecified atom stereocenters. The molecule has 0 aliphatic heterocycles. The molecule has 4 heteroatoms. The first-order valence-corrected chi connectivity index (χ1v) is 8.53. The van der Waals surface area contributed by atoms with Crippen molar-refractivity contribution in [1.29, 1.82) is 0 Å². The quantitative estimate of drug-likeness (QED) is 0.700. The minimum atomic E-state index is 0.754. The standard InChI is InChI=1S/C21H26N2O2/c1-13-8-17(21-18(9-13)14(2)15(3)23-21)12-22-11-16-6-7-19(24-4)20(10-16)25-5/h6-10,22-23H,11-12H2,1-5H3. The Morgan fingerprint density at radius 1 is 0.920 bits per heavy atom. The minimum Gasteiger partial charge on any atom is -0.493 e. The van der Waals surface area contributed by atoms with Crippen molar-refractivity contribution in [2.75, 3.05) is 14.2 Å². The summed E-state index contributed by atoms with van der Waals surface area (Å²) >= 11 is 0. The van der Waals surface area contributed by atoms with Crippen molar-refractivity contribution in [3.63, 3.8) is 0 Å². The zero-order chi connectivity index (χ0) is 18.0. The summed E-state index contributed by atoms with van der Waals surface area (Å²) in [6.07, 6.45) is 0. The van der Waals surface area contributed by atoms with Crippen LogP contribution >= 0.6 is 0 Å². The number of aryl methyl sites for hydroxylation is 3. The molecule has 3 rings (SSSR count). The number of fused-ring (bicyclic) bond motifs is 1. The Bertz CT molecular complexity index is 897. The van der Waals surface area contributed by atoms with Gasteiger partial charge in [0.2, 0.25) is 0 Å². The van der Waals surface area contributed by atoms with Gasteiger partial charge in [0.25, 0.3) is 0 Å². The predicted molar refractivity (Wildman–Crippen MR) is 103 cm³/mol. The molecule has 0 radical (unpaired) electrons. The first kappa shape index (κ1) is 17.4. The van der Waals surface area contributed by atoms with Crippen LogP contribution in [0.15, 0.2) is 30.3 Å². The second-order valence-corrected chi connectivity index (χ2v) is 6.51. The molecule has 0 aliphatic carbocycles. The first-order valence-electron chi connectivity index (χ1n) is 8.53. The van der Waals surface area contributed by atoms with E-state index < -0.39 is 0 Å². The molecule has 2 N–H and O–H groups in total. The third kappa shape index (κ3) is 3.49. The maximum absolute atomic E-state index is 5.37. The number of H-pyrrole nitrogens is 1. The molecule has 0 bridgehead atoms. The number of ether oxygens (including phenoxy) is 2. The highest BCUT2D eigenvalue weighted by Crippen LogP contribution is 2.28. The number of rotatable bonds is 6. The monoisotopic (exact) mass is 338 g/mol. The molecule has 0 fully saturated rings. The second kappa shape index (κ2) is 7.19. The molecule has 25 heavy (non-hydrogen) atoms. The first-order chi connectivity index (χ1) is 12.0. The van der Waals surface area contributed by atoms with Crippen molar-refractivity contribution in [2.24, 2.45) is 0 Å². The van der Waals surface area contributed by atoms with E-state index >= 15 is 0 Å². The van der Waals surface area contributed by atoms with Crippen LogP contribution in [0.4, 0.5) is 0 Å². The number of benzene rings is 2. The molecule has 0 atom stereocenters. The van der Waals surface area contributed by atoms with Crippen LogP contribution in [0.3, 0.4) is 0 Å². The Labute approximate surface area is 149 Å². The summed E-state index contributed by atoms with van der Waals surface area (Å²) in [5, 5.41) is 4.86. The lowest BCUT2D eigenvalue weighted by Gasteiger charge is -2.11. The van der Waals surface area contributed by atoms with Crippen molar-refractivity contribution >= 4 is 10.9 Å². The molecular formula is C21H26N2O2. The van der Waals surface area contributed by atoms with Gasteiger partial charge in [-0.2, -0.15) is 0 Å². The smallest absolute Gasteiger partial charge is 0.161 e. The van der Waals surface area contributed by atoms with Gasteiger partial charge in [0.1, 0.15) is 0 Å². The van der Waals surface area contributed by atoms with Crippen LogP contribution in [0, 0.1) is 20.8 Å². The number of methoxy groups -OCH3 is 2. The Morgan fingerprint density at radius 2 is 1.68 bits per heavy atom. The van der Waals surface area contributed by atoms with Gasteiger partial charge in [-0.15, -0.1) is 0 Å². The third-order valence-corrected chi connectivity index (χ3v) is 4.74. The van der Waals surface area contributed by atoms with E-state index in [2.05, 4.69) is 49.3 Å². The van der Waals surface area contributed by atoms with Gasteiger partial charge in [0.05, 0.1) is 19.7 Å². The summed E-state index contributed by atoms with van der Waals surface area (Å²) in [7, 11) is 3.31. The number of aromatic nitrogens is 1. The van der Waals surface area contributed by atoms with Gasteiger partial charge < -0.3 is 19.8 Å². The summed E-state index contributed by atoms with van der Waals surface area (Å²) in [6.45, 7) is 8.04. The van der Waals surface area contributed by atoms with E-state index in [4.69, 9.17) is 9.47 Å². The van der Waals surface area contributed by atoms with Crippen LogP contribution in [-0.2, 0) is 13.1 Å². The molecule has 0 saturated heterocycles. The molecule has 4 nitrogen and oxygen atoms in total. The van der Waals surface area contributed by atoms with Crippen molar-refractivity contribution in [2.45, 2.75) is 33.9 Å². The van der Waals surface area contributed by atoms with E-state index in [1.54, 1.807) is 14.2 Å². The number of aromatic amines is 1. The van der Waals surface area contributed by atoms with E-state index in [1.807, 2.05) is 12.1 Å². The SMILES string of the molecule is COc1ccc(CNCc2cc(C)cc3c(C)c(C)[nH]c23)cc1OC. The van der Waals surface area contributed by atoms with Gasteiger partial charge >= 0.3 is 0 Å². The summed E-state index contributed by atoms with van der Waals surface area (Å²) < 4.78 is 10.7. The number of hydrogen-bond donors (Lipinski definition) is 2. The molecule has 0 amide bonds. The lowest BCUT2D eigenvalue weighted by molar-refractivity contribution is 0.354. The second-order valence-electron chi connectivity index (χ2n) is 6.51. The molecule has 1 heterocycles. The topological polar surface area (TPSA) is 46.3 Å². The van der Waals surface area contributed by atoms with Crippen LogP contribution in [0.25, 0.3) is 10.9 Å². The number of hydrogen-bond acceptors (Lipinski definition) is 3.